The van der Waals surface area contributed by atoms with Gasteiger partial charge in [0.05, 0.1) is 19.3 Å². The van der Waals surface area contributed by atoms with Crippen molar-refractivity contribution < 1.29 is 14.3 Å². The zero-order valence-corrected chi connectivity index (χ0v) is 11.1. The Balaban J connectivity index is 1.82. The number of hydrogen-bond acceptors (Lipinski definition) is 4. The Bertz CT molecular complexity index is 480. The molecule has 1 N–H and O–H groups in total. The molecule has 0 spiro atoms. The Hall–Kier alpha value is -1.55. The fourth-order valence-electron chi connectivity index (χ4n) is 2.52. The van der Waals surface area contributed by atoms with E-state index in [4.69, 9.17) is 9.47 Å². The van der Waals surface area contributed by atoms with E-state index in [0.717, 1.165) is 25.1 Å². The normalized spacial score (nSPS) is 25.9. The van der Waals surface area contributed by atoms with Gasteiger partial charge in [-0.3, -0.25) is 4.79 Å². The largest absolute Gasteiger partial charge is 0.489 e. The predicted molar refractivity (Wildman–Crippen MR) is 72.0 cm³/mol. The summed E-state index contributed by atoms with van der Waals surface area (Å²) >= 11 is 0. The van der Waals surface area contributed by atoms with Crippen LogP contribution in [0.4, 0.5) is 0 Å². The molecule has 4 heteroatoms. The van der Waals surface area contributed by atoms with Crippen molar-refractivity contribution >= 4 is 5.78 Å². The van der Waals surface area contributed by atoms with Crippen LogP contribution in [0.2, 0.25) is 0 Å². The molecule has 2 aliphatic rings. The maximum atomic E-state index is 12.3. The molecule has 1 saturated heterocycles. The zero-order valence-electron chi connectivity index (χ0n) is 11.1. The summed E-state index contributed by atoms with van der Waals surface area (Å²) in [5.74, 6) is 1.94. The third-order valence-electron chi connectivity index (χ3n) is 3.65. The monoisotopic (exact) mass is 261 g/mol. The Kier molecular flexibility index (Phi) is 3.42. The fourth-order valence-corrected chi connectivity index (χ4v) is 2.52. The van der Waals surface area contributed by atoms with E-state index < -0.39 is 0 Å². The molecule has 1 aromatic carbocycles. The quantitative estimate of drug-likeness (QED) is 0.828. The molecule has 3 rings (SSSR count). The summed E-state index contributed by atoms with van der Waals surface area (Å²) in [6.45, 7) is 4.30. The highest BCUT2D eigenvalue weighted by Gasteiger charge is 2.24. The van der Waals surface area contributed by atoms with Crippen molar-refractivity contribution in [3.05, 3.63) is 23.8 Å². The van der Waals surface area contributed by atoms with Crippen LogP contribution < -0.4 is 14.8 Å². The summed E-state index contributed by atoms with van der Waals surface area (Å²) in [5, 5.41) is 3.23. The van der Waals surface area contributed by atoms with E-state index in [9.17, 15) is 4.79 Å². The lowest BCUT2D eigenvalue weighted by atomic mass is 10.0. The second kappa shape index (κ2) is 5.21. The molecule has 1 aromatic rings. The van der Waals surface area contributed by atoms with Gasteiger partial charge in [0.25, 0.3) is 0 Å². The van der Waals surface area contributed by atoms with E-state index in [0.29, 0.717) is 30.4 Å². The van der Waals surface area contributed by atoms with E-state index in [1.807, 2.05) is 18.2 Å². The Labute approximate surface area is 113 Å². The van der Waals surface area contributed by atoms with Crippen LogP contribution in [0.5, 0.6) is 11.5 Å². The third-order valence-corrected chi connectivity index (χ3v) is 3.65. The van der Waals surface area contributed by atoms with Gasteiger partial charge in [-0.2, -0.15) is 0 Å². The molecule has 0 radical (unpaired) electrons. The molecule has 0 bridgehead atoms. The molecule has 2 heterocycles. The number of carbonyl (C=O) groups excluding carboxylic acids is 1. The topological polar surface area (TPSA) is 47.6 Å². The number of Topliss-reactive ketones (excluding diaryl/α,β-unsaturated/α-hetero) is 1. The van der Waals surface area contributed by atoms with E-state index in [-0.39, 0.29) is 11.8 Å². The lowest BCUT2D eigenvalue weighted by molar-refractivity contribution is 0.0952. The molecule has 0 aromatic heterocycles. The minimum Gasteiger partial charge on any atom is -0.489 e. The van der Waals surface area contributed by atoms with Gasteiger partial charge in [0.1, 0.15) is 0 Å². The molecule has 2 unspecified atom stereocenters. The number of hydrogen-bond donors (Lipinski definition) is 1. The first-order valence-electron chi connectivity index (χ1n) is 6.91. The molecule has 1 fully saturated rings. The number of carbonyl (C=O) groups is 1. The van der Waals surface area contributed by atoms with Crippen LogP contribution in [0, 0.1) is 5.92 Å². The summed E-state index contributed by atoms with van der Waals surface area (Å²) in [6.07, 6.45) is 1.99. The maximum Gasteiger partial charge on any atom is 0.179 e. The highest BCUT2D eigenvalue weighted by molar-refractivity contribution is 6.00. The summed E-state index contributed by atoms with van der Waals surface area (Å²) < 4.78 is 11.4. The highest BCUT2D eigenvalue weighted by atomic mass is 16.5. The number of rotatable bonds is 2. The average Bonchev–Trinajstić information content (AvgIpc) is 2.90. The lowest BCUT2D eigenvalue weighted by Crippen LogP contribution is -2.30. The van der Waals surface area contributed by atoms with Gasteiger partial charge in [0.15, 0.2) is 17.3 Å². The maximum absolute atomic E-state index is 12.3. The van der Waals surface area contributed by atoms with Gasteiger partial charge in [-0.25, -0.2) is 0 Å². The van der Waals surface area contributed by atoms with Crippen LogP contribution in [0.1, 0.15) is 30.1 Å². The SMILES string of the molecule is CC1COc2ccc(C(=O)C3CCCN3)cc2OC1. The summed E-state index contributed by atoms with van der Waals surface area (Å²) in [6, 6.07) is 5.45. The van der Waals surface area contributed by atoms with Crippen LogP contribution in [-0.4, -0.2) is 31.6 Å². The fraction of sp³-hybridized carbons (Fsp3) is 0.533. The Morgan fingerprint density at radius 3 is 2.79 bits per heavy atom. The van der Waals surface area contributed by atoms with E-state index >= 15 is 0 Å². The van der Waals surface area contributed by atoms with Crippen LogP contribution in [0.3, 0.4) is 0 Å². The minimum absolute atomic E-state index is 0.0383. The van der Waals surface area contributed by atoms with Gasteiger partial charge in [-0.1, -0.05) is 6.92 Å². The smallest absolute Gasteiger partial charge is 0.179 e. The molecule has 0 amide bonds. The van der Waals surface area contributed by atoms with Crippen LogP contribution >= 0.6 is 0 Å². The molecular formula is C15H19NO3. The summed E-state index contributed by atoms with van der Waals surface area (Å²) in [7, 11) is 0. The molecule has 2 aliphatic heterocycles. The van der Waals surface area contributed by atoms with Crippen LogP contribution in [0.25, 0.3) is 0 Å². The van der Waals surface area contributed by atoms with Gasteiger partial charge >= 0.3 is 0 Å². The van der Waals surface area contributed by atoms with Crippen molar-refractivity contribution in [2.24, 2.45) is 5.92 Å². The number of ketones is 1. The lowest BCUT2D eigenvalue weighted by Gasteiger charge is -2.12. The van der Waals surface area contributed by atoms with E-state index in [1.54, 1.807) is 0 Å². The number of fused-ring (bicyclic) bond motifs is 1. The first-order chi connectivity index (χ1) is 9.24. The third kappa shape index (κ3) is 2.59. The highest BCUT2D eigenvalue weighted by Crippen LogP contribution is 2.32. The Morgan fingerprint density at radius 2 is 2.05 bits per heavy atom. The van der Waals surface area contributed by atoms with E-state index in [1.165, 1.54) is 0 Å². The van der Waals surface area contributed by atoms with Crippen molar-refractivity contribution in [1.82, 2.24) is 5.32 Å². The summed E-state index contributed by atoms with van der Waals surface area (Å²) in [5.41, 5.74) is 0.705. The Morgan fingerprint density at radius 1 is 1.26 bits per heavy atom. The van der Waals surface area contributed by atoms with Gasteiger partial charge in [0, 0.05) is 11.5 Å². The molecule has 19 heavy (non-hydrogen) atoms. The first kappa shape index (κ1) is 12.5. The van der Waals surface area contributed by atoms with Gasteiger partial charge in [0.2, 0.25) is 0 Å². The minimum atomic E-state index is -0.0383. The average molecular weight is 261 g/mol. The predicted octanol–water partition coefficient (Wildman–Crippen LogP) is 2.03. The second-order valence-corrected chi connectivity index (χ2v) is 5.40. The first-order valence-corrected chi connectivity index (χ1v) is 6.91. The second-order valence-electron chi connectivity index (χ2n) is 5.40. The molecule has 102 valence electrons. The van der Waals surface area contributed by atoms with Crippen LogP contribution in [0.15, 0.2) is 18.2 Å². The van der Waals surface area contributed by atoms with Crippen molar-refractivity contribution in [2.45, 2.75) is 25.8 Å². The molecular weight excluding hydrogens is 242 g/mol. The van der Waals surface area contributed by atoms with Crippen molar-refractivity contribution in [3.63, 3.8) is 0 Å². The molecule has 0 aliphatic carbocycles. The van der Waals surface area contributed by atoms with E-state index in [2.05, 4.69) is 12.2 Å². The van der Waals surface area contributed by atoms with Crippen LogP contribution in [-0.2, 0) is 0 Å². The number of ether oxygens (including phenoxy) is 2. The van der Waals surface area contributed by atoms with Crippen molar-refractivity contribution in [3.8, 4) is 11.5 Å². The van der Waals surface area contributed by atoms with Gasteiger partial charge in [-0.15, -0.1) is 0 Å². The molecule has 2 atom stereocenters. The van der Waals surface area contributed by atoms with Crippen molar-refractivity contribution in [2.75, 3.05) is 19.8 Å². The van der Waals surface area contributed by atoms with Crippen molar-refractivity contribution in [1.29, 1.82) is 0 Å². The number of benzene rings is 1. The summed E-state index contributed by atoms with van der Waals surface area (Å²) in [4.78, 5) is 12.3. The van der Waals surface area contributed by atoms with Gasteiger partial charge in [-0.05, 0) is 37.6 Å². The van der Waals surface area contributed by atoms with Gasteiger partial charge < -0.3 is 14.8 Å². The zero-order chi connectivity index (χ0) is 13.2. The molecule has 4 nitrogen and oxygen atoms in total. The number of nitrogens with one attached hydrogen (secondary N) is 1. The standard InChI is InChI=1S/C15H19NO3/c1-10-8-18-13-5-4-11(7-14(13)19-9-10)15(17)12-3-2-6-16-12/h4-5,7,10,12,16H,2-3,6,8-9H2,1H3. The molecule has 0 saturated carbocycles.